The van der Waals surface area contributed by atoms with Crippen molar-refractivity contribution in [3.63, 3.8) is 0 Å². The molecule has 0 saturated heterocycles. The van der Waals surface area contributed by atoms with Crippen LogP contribution < -0.4 is 14.7 Å². The highest BCUT2D eigenvalue weighted by Gasteiger charge is 2.31. The number of carbonyl (C=O) groups excluding carboxylic acids is 2. The molecule has 3 rings (SSSR count). The average Bonchev–Trinajstić information content (AvgIpc) is 2.77. The van der Waals surface area contributed by atoms with E-state index in [0.717, 1.165) is 16.0 Å². The predicted octanol–water partition coefficient (Wildman–Crippen LogP) is 5.14. The second-order valence-corrected chi connectivity index (χ2v) is 9.15. The summed E-state index contributed by atoms with van der Waals surface area (Å²) in [6.07, 6.45) is -4.80. The molecule has 0 unspecified atom stereocenters. The molecule has 0 spiro atoms. The van der Waals surface area contributed by atoms with Crippen molar-refractivity contribution in [3.8, 4) is 16.9 Å². The van der Waals surface area contributed by atoms with Crippen LogP contribution >= 0.6 is 0 Å². The SMILES string of the molecule is Cc1c(-c2ccc(OC(F)(F)F)cc2)cccc1N(Cc1ccc(C(C)(C)C)cc1)C(=O)C(=O)[O-]. The van der Waals surface area contributed by atoms with E-state index < -0.39 is 18.2 Å². The van der Waals surface area contributed by atoms with Crippen LogP contribution in [0.5, 0.6) is 5.75 Å². The summed E-state index contributed by atoms with van der Waals surface area (Å²) in [6, 6.07) is 17.9. The lowest BCUT2D eigenvalue weighted by Gasteiger charge is -2.27. The zero-order chi connectivity index (χ0) is 26.0. The van der Waals surface area contributed by atoms with Crippen LogP contribution in [0.15, 0.2) is 66.7 Å². The number of rotatable bonds is 5. The Morgan fingerprint density at radius 1 is 0.914 bits per heavy atom. The Balaban J connectivity index is 1.97. The van der Waals surface area contributed by atoms with Crippen molar-refractivity contribution in [2.45, 2.75) is 46.0 Å². The van der Waals surface area contributed by atoms with Gasteiger partial charge in [0.15, 0.2) is 0 Å². The third-order valence-electron chi connectivity index (χ3n) is 5.58. The molecule has 0 aliphatic rings. The minimum atomic E-state index is -4.80. The summed E-state index contributed by atoms with van der Waals surface area (Å²) in [4.78, 5) is 25.2. The number of alkyl halides is 3. The highest BCUT2D eigenvalue weighted by Crippen LogP contribution is 2.33. The normalized spacial score (nSPS) is 11.7. The molecule has 184 valence electrons. The Hall–Kier alpha value is -3.81. The number of carboxylic acid groups (broad SMARTS) is 1. The molecule has 1 amide bonds. The molecule has 8 heteroatoms. The van der Waals surface area contributed by atoms with Gasteiger partial charge in [0.25, 0.3) is 5.91 Å². The van der Waals surface area contributed by atoms with Crippen LogP contribution in [0.4, 0.5) is 18.9 Å². The molecule has 0 fully saturated rings. The average molecular weight is 484 g/mol. The highest BCUT2D eigenvalue weighted by atomic mass is 19.4. The van der Waals surface area contributed by atoms with Crippen molar-refractivity contribution in [2.75, 3.05) is 4.90 Å². The fourth-order valence-electron chi connectivity index (χ4n) is 3.73. The van der Waals surface area contributed by atoms with Gasteiger partial charge in [-0.25, -0.2) is 0 Å². The van der Waals surface area contributed by atoms with Crippen LogP contribution in [-0.2, 0) is 21.5 Å². The zero-order valence-electron chi connectivity index (χ0n) is 19.8. The monoisotopic (exact) mass is 484 g/mol. The molecule has 0 bridgehead atoms. The summed E-state index contributed by atoms with van der Waals surface area (Å²) in [7, 11) is 0. The summed E-state index contributed by atoms with van der Waals surface area (Å²) in [5.74, 6) is -3.39. The van der Waals surface area contributed by atoms with E-state index >= 15 is 0 Å². The van der Waals surface area contributed by atoms with E-state index in [1.165, 1.54) is 24.3 Å². The summed E-state index contributed by atoms with van der Waals surface area (Å²) in [5.41, 5.74) is 3.89. The van der Waals surface area contributed by atoms with Gasteiger partial charge in [-0.1, -0.05) is 69.3 Å². The van der Waals surface area contributed by atoms with E-state index in [-0.39, 0.29) is 17.7 Å². The van der Waals surface area contributed by atoms with E-state index in [1.54, 1.807) is 25.1 Å². The van der Waals surface area contributed by atoms with Crippen LogP contribution in [0.3, 0.4) is 0 Å². The lowest BCUT2D eigenvalue weighted by Crippen LogP contribution is -2.44. The molecule has 0 N–H and O–H groups in total. The maximum absolute atomic E-state index is 12.6. The highest BCUT2D eigenvalue weighted by molar-refractivity contribution is 6.36. The Labute approximate surface area is 201 Å². The lowest BCUT2D eigenvalue weighted by atomic mass is 9.86. The fraction of sp³-hybridized carbons (Fsp3) is 0.259. The van der Waals surface area contributed by atoms with Gasteiger partial charge in [0.05, 0.1) is 6.54 Å². The summed E-state index contributed by atoms with van der Waals surface area (Å²) in [5, 5.41) is 11.5. The molecule has 0 atom stereocenters. The first-order chi connectivity index (χ1) is 16.3. The van der Waals surface area contributed by atoms with Gasteiger partial charge in [-0.2, -0.15) is 0 Å². The fourth-order valence-corrected chi connectivity index (χ4v) is 3.73. The lowest BCUT2D eigenvalue weighted by molar-refractivity contribution is -0.300. The molecule has 5 nitrogen and oxygen atoms in total. The molecule has 0 aliphatic heterocycles. The quantitative estimate of drug-likeness (QED) is 0.470. The van der Waals surface area contributed by atoms with E-state index in [1.807, 2.05) is 24.3 Å². The van der Waals surface area contributed by atoms with Crippen LogP contribution in [0.2, 0.25) is 0 Å². The Morgan fingerprint density at radius 2 is 1.51 bits per heavy atom. The minimum absolute atomic E-state index is 0.000109. The van der Waals surface area contributed by atoms with Crippen LogP contribution in [0.25, 0.3) is 11.1 Å². The Bertz CT molecular complexity index is 1210. The molecular weight excluding hydrogens is 459 g/mol. The Morgan fingerprint density at radius 3 is 2.03 bits per heavy atom. The number of amides is 1. The maximum atomic E-state index is 12.6. The second kappa shape index (κ2) is 9.82. The number of ether oxygens (including phenoxy) is 1. The number of aliphatic carboxylic acids is 1. The van der Waals surface area contributed by atoms with Crippen LogP contribution in [0.1, 0.15) is 37.5 Å². The molecule has 3 aromatic carbocycles. The van der Waals surface area contributed by atoms with Crippen LogP contribution in [-0.4, -0.2) is 18.2 Å². The van der Waals surface area contributed by atoms with Gasteiger partial charge < -0.3 is 19.5 Å². The molecule has 0 aliphatic carbocycles. The van der Waals surface area contributed by atoms with E-state index in [9.17, 15) is 27.9 Å². The smallest absolute Gasteiger partial charge is 0.540 e. The number of halogens is 3. The molecule has 3 aromatic rings. The van der Waals surface area contributed by atoms with Crippen molar-refractivity contribution in [2.24, 2.45) is 0 Å². The first-order valence-corrected chi connectivity index (χ1v) is 10.8. The third kappa shape index (κ3) is 6.41. The molecule has 0 saturated carbocycles. The first kappa shape index (κ1) is 25.8. The topological polar surface area (TPSA) is 69.7 Å². The molecule has 0 aromatic heterocycles. The van der Waals surface area contributed by atoms with Crippen molar-refractivity contribution in [1.82, 2.24) is 0 Å². The number of hydrogen-bond donors (Lipinski definition) is 0. The number of hydrogen-bond acceptors (Lipinski definition) is 4. The molecule has 0 heterocycles. The van der Waals surface area contributed by atoms with Gasteiger partial charge in [0.2, 0.25) is 0 Å². The van der Waals surface area contributed by atoms with Crippen molar-refractivity contribution in [3.05, 3.63) is 83.4 Å². The Kier molecular flexibility index (Phi) is 7.24. The third-order valence-corrected chi connectivity index (χ3v) is 5.58. The van der Waals surface area contributed by atoms with Gasteiger partial charge in [0, 0.05) is 5.69 Å². The van der Waals surface area contributed by atoms with Gasteiger partial charge in [-0.15, -0.1) is 13.2 Å². The van der Waals surface area contributed by atoms with Crippen molar-refractivity contribution < 1.29 is 32.6 Å². The van der Waals surface area contributed by atoms with E-state index in [4.69, 9.17) is 0 Å². The zero-order valence-corrected chi connectivity index (χ0v) is 19.8. The summed E-state index contributed by atoms with van der Waals surface area (Å²) in [6.45, 7) is 7.93. The molecule has 35 heavy (non-hydrogen) atoms. The van der Waals surface area contributed by atoms with E-state index in [2.05, 4.69) is 25.5 Å². The predicted molar refractivity (Wildman–Crippen MR) is 125 cm³/mol. The summed E-state index contributed by atoms with van der Waals surface area (Å²) < 4.78 is 41.3. The number of carbonyl (C=O) groups is 2. The number of anilines is 1. The summed E-state index contributed by atoms with van der Waals surface area (Å²) >= 11 is 0. The van der Waals surface area contributed by atoms with Gasteiger partial charge in [-0.3, -0.25) is 4.79 Å². The number of carboxylic acids is 1. The van der Waals surface area contributed by atoms with Gasteiger partial charge in [0.1, 0.15) is 11.7 Å². The molecule has 0 radical (unpaired) electrons. The minimum Gasteiger partial charge on any atom is -0.540 e. The first-order valence-electron chi connectivity index (χ1n) is 10.8. The maximum Gasteiger partial charge on any atom is 0.573 e. The number of nitrogens with zero attached hydrogens (tertiary/aromatic N) is 1. The van der Waals surface area contributed by atoms with Crippen molar-refractivity contribution in [1.29, 1.82) is 0 Å². The van der Waals surface area contributed by atoms with E-state index in [0.29, 0.717) is 22.4 Å². The van der Waals surface area contributed by atoms with Crippen LogP contribution in [0, 0.1) is 6.92 Å². The largest absolute Gasteiger partial charge is 0.573 e. The number of benzene rings is 3. The second-order valence-electron chi connectivity index (χ2n) is 9.15. The molecular formula is C27H25F3NO4-. The van der Waals surface area contributed by atoms with Crippen molar-refractivity contribution >= 4 is 17.6 Å². The van der Waals surface area contributed by atoms with Gasteiger partial charge in [-0.05, 0) is 58.4 Å². The van der Waals surface area contributed by atoms with Gasteiger partial charge >= 0.3 is 6.36 Å². The standard InChI is InChI=1S/C27H26F3NO4/c1-17-22(19-10-14-21(15-11-19)35-27(28,29)30)6-5-7-23(17)31(24(32)25(33)34)16-18-8-12-20(13-9-18)26(2,3)4/h5-15H,16H2,1-4H3,(H,33,34)/p-1.